The van der Waals surface area contributed by atoms with Crippen LogP contribution in [0.3, 0.4) is 0 Å². The number of amides is 1. The number of carbonyl (C=O) groups is 1. The molecule has 0 saturated heterocycles. The summed E-state index contributed by atoms with van der Waals surface area (Å²) in [6, 6.07) is 8.73. The predicted molar refractivity (Wildman–Crippen MR) is 96.4 cm³/mol. The Morgan fingerprint density at radius 2 is 2.20 bits per heavy atom. The van der Waals surface area contributed by atoms with E-state index in [4.69, 9.17) is 16.3 Å². The molecule has 3 aromatic rings. The summed E-state index contributed by atoms with van der Waals surface area (Å²) in [5.41, 5.74) is 1.23. The second kappa shape index (κ2) is 7.71. The predicted octanol–water partition coefficient (Wildman–Crippen LogP) is 3.00. The smallest absolute Gasteiger partial charge is 0.272 e. The largest absolute Gasteiger partial charge is 0.470 e. The van der Waals surface area contributed by atoms with E-state index >= 15 is 0 Å². The number of aromatic nitrogens is 4. The first-order chi connectivity index (χ1) is 12.0. The molecule has 0 aliphatic carbocycles. The highest BCUT2D eigenvalue weighted by atomic mass is 79.9. The molecule has 0 bridgehead atoms. The summed E-state index contributed by atoms with van der Waals surface area (Å²) < 4.78 is 9.66. The zero-order valence-electron chi connectivity index (χ0n) is 13.3. The molecule has 2 heterocycles. The molecule has 25 heavy (non-hydrogen) atoms. The van der Waals surface area contributed by atoms with Gasteiger partial charge >= 0.3 is 0 Å². The van der Waals surface area contributed by atoms with Crippen molar-refractivity contribution in [2.24, 2.45) is 7.05 Å². The van der Waals surface area contributed by atoms with Gasteiger partial charge in [-0.25, -0.2) is 4.68 Å². The van der Waals surface area contributed by atoms with Crippen LogP contribution in [0.2, 0.25) is 5.02 Å². The van der Waals surface area contributed by atoms with Crippen LogP contribution in [0.25, 0.3) is 0 Å². The molecule has 1 aromatic carbocycles. The van der Waals surface area contributed by atoms with E-state index in [-0.39, 0.29) is 12.6 Å². The fourth-order valence-electron chi connectivity index (χ4n) is 2.12. The Morgan fingerprint density at radius 3 is 2.92 bits per heavy atom. The van der Waals surface area contributed by atoms with Gasteiger partial charge in [0.05, 0.1) is 16.7 Å². The van der Waals surface area contributed by atoms with Gasteiger partial charge in [0, 0.05) is 24.5 Å². The van der Waals surface area contributed by atoms with Crippen molar-refractivity contribution in [1.82, 2.24) is 24.9 Å². The van der Waals surface area contributed by atoms with Crippen LogP contribution in [0, 0.1) is 0 Å². The van der Waals surface area contributed by atoms with Gasteiger partial charge in [-0.1, -0.05) is 11.6 Å². The minimum atomic E-state index is -0.257. The third-order valence-electron chi connectivity index (χ3n) is 3.47. The molecule has 0 aliphatic heterocycles. The molecule has 0 fully saturated rings. The van der Waals surface area contributed by atoms with Crippen LogP contribution in [0.15, 0.2) is 47.2 Å². The summed E-state index contributed by atoms with van der Waals surface area (Å²) in [6.45, 7) is 0.561. The van der Waals surface area contributed by atoms with E-state index in [2.05, 4.69) is 31.4 Å². The van der Waals surface area contributed by atoms with Crippen molar-refractivity contribution < 1.29 is 9.53 Å². The molecule has 9 heteroatoms. The maximum atomic E-state index is 12.2. The van der Waals surface area contributed by atoms with Gasteiger partial charge in [-0.3, -0.25) is 9.48 Å². The van der Waals surface area contributed by atoms with Gasteiger partial charge in [0.15, 0.2) is 6.73 Å². The number of hydrogen-bond acceptors (Lipinski definition) is 4. The Labute approximate surface area is 157 Å². The highest BCUT2D eigenvalue weighted by Gasteiger charge is 2.10. The number of nitrogens with zero attached hydrogens (tertiary/aromatic N) is 4. The fraction of sp³-hybridized carbons (Fsp3) is 0.188. The topological polar surface area (TPSA) is 74.0 Å². The Balaban J connectivity index is 1.56. The number of carbonyl (C=O) groups excluding carboxylic acids is 1. The van der Waals surface area contributed by atoms with Crippen LogP contribution in [-0.4, -0.2) is 25.5 Å². The Kier molecular flexibility index (Phi) is 5.40. The number of aryl methyl sites for hydroxylation is 1. The van der Waals surface area contributed by atoms with Crippen molar-refractivity contribution in [3.63, 3.8) is 0 Å². The minimum Gasteiger partial charge on any atom is -0.470 e. The first kappa shape index (κ1) is 17.5. The standard InChI is InChI=1S/C16H15BrClN5O2/c1-22-12(4-6-20-22)9-19-16(24)14-5-7-23(21-14)10-25-15-3-2-11(18)8-13(15)17/h2-8H,9-10H2,1H3,(H,19,24). The van der Waals surface area contributed by atoms with Crippen molar-refractivity contribution in [3.8, 4) is 5.75 Å². The molecule has 0 saturated carbocycles. The van der Waals surface area contributed by atoms with Crippen LogP contribution >= 0.6 is 27.5 Å². The zero-order valence-corrected chi connectivity index (χ0v) is 15.7. The normalized spacial score (nSPS) is 10.7. The molecular formula is C16H15BrClN5O2. The first-order valence-electron chi connectivity index (χ1n) is 7.39. The van der Waals surface area contributed by atoms with Crippen LogP contribution in [-0.2, 0) is 20.3 Å². The quantitative estimate of drug-likeness (QED) is 0.660. The van der Waals surface area contributed by atoms with Gasteiger partial charge in [0.25, 0.3) is 5.91 Å². The third-order valence-corrected chi connectivity index (χ3v) is 4.33. The van der Waals surface area contributed by atoms with Gasteiger partial charge < -0.3 is 10.1 Å². The van der Waals surface area contributed by atoms with Gasteiger partial charge in [-0.15, -0.1) is 0 Å². The molecule has 7 nitrogen and oxygen atoms in total. The fourth-order valence-corrected chi connectivity index (χ4v) is 2.92. The highest BCUT2D eigenvalue weighted by molar-refractivity contribution is 9.10. The average molecular weight is 425 g/mol. The van der Waals surface area contributed by atoms with Gasteiger partial charge in [0.1, 0.15) is 11.4 Å². The molecule has 130 valence electrons. The lowest BCUT2D eigenvalue weighted by molar-refractivity contribution is 0.0943. The van der Waals surface area contributed by atoms with Crippen molar-refractivity contribution in [2.45, 2.75) is 13.3 Å². The Morgan fingerprint density at radius 1 is 1.36 bits per heavy atom. The lowest BCUT2D eigenvalue weighted by Gasteiger charge is -2.08. The van der Waals surface area contributed by atoms with Crippen molar-refractivity contribution in [2.75, 3.05) is 0 Å². The Hall–Kier alpha value is -2.32. The number of halogens is 2. The maximum Gasteiger partial charge on any atom is 0.272 e. The lowest BCUT2D eigenvalue weighted by atomic mass is 10.3. The second-order valence-electron chi connectivity index (χ2n) is 5.22. The first-order valence-corrected chi connectivity index (χ1v) is 8.56. The molecule has 0 radical (unpaired) electrons. The number of hydrogen-bond donors (Lipinski definition) is 1. The number of benzene rings is 1. The van der Waals surface area contributed by atoms with Gasteiger partial charge in [-0.2, -0.15) is 10.2 Å². The second-order valence-corrected chi connectivity index (χ2v) is 6.51. The SMILES string of the molecule is Cn1nccc1CNC(=O)c1ccn(COc2ccc(Cl)cc2Br)n1. The molecular weight excluding hydrogens is 410 g/mol. The maximum absolute atomic E-state index is 12.2. The van der Waals surface area contributed by atoms with Crippen LogP contribution in [0.4, 0.5) is 0 Å². The summed E-state index contributed by atoms with van der Waals surface area (Å²) >= 11 is 9.28. The van der Waals surface area contributed by atoms with E-state index in [1.54, 1.807) is 46.0 Å². The average Bonchev–Trinajstić information content (AvgIpc) is 3.21. The third kappa shape index (κ3) is 4.40. The summed E-state index contributed by atoms with van der Waals surface area (Å²) in [6.07, 6.45) is 3.37. The number of rotatable bonds is 6. The number of ether oxygens (including phenoxy) is 1. The summed E-state index contributed by atoms with van der Waals surface area (Å²) in [5.74, 6) is 0.384. The van der Waals surface area contributed by atoms with E-state index in [0.29, 0.717) is 23.0 Å². The monoisotopic (exact) mass is 423 g/mol. The van der Waals surface area contributed by atoms with Crippen LogP contribution in [0.5, 0.6) is 5.75 Å². The molecule has 2 aromatic heterocycles. The summed E-state index contributed by atoms with van der Waals surface area (Å²) in [7, 11) is 1.82. The summed E-state index contributed by atoms with van der Waals surface area (Å²) in [4.78, 5) is 12.2. The molecule has 1 amide bonds. The van der Waals surface area contributed by atoms with Crippen LogP contribution in [0.1, 0.15) is 16.2 Å². The van der Waals surface area contributed by atoms with E-state index in [9.17, 15) is 4.79 Å². The van der Waals surface area contributed by atoms with E-state index in [1.807, 2.05) is 13.1 Å². The van der Waals surface area contributed by atoms with Crippen molar-refractivity contribution in [3.05, 3.63) is 63.6 Å². The van der Waals surface area contributed by atoms with Crippen LogP contribution < -0.4 is 10.1 Å². The zero-order chi connectivity index (χ0) is 17.8. The molecule has 0 unspecified atom stereocenters. The lowest BCUT2D eigenvalue weighted by Crippen LogP contribution is -2.24. The summed E-state index contributed by atoms with van der Waals surface area (Å²) in [5, 5.41) is 11.7. The van der Waals surface area contributed by atoms with Crippen molar-refractivity contribution >= 4 is 33.4 Å². The van der Waals surface area contributed by atoms with Crippen molar-refractivity contribution in [1.29, 1.82) is 0 Å². The molecule has 3 rings (SSSR count). The minimum absolute atomic E-state index is 0.176. The van der Waals surface area contributed by atoms with E-state index in [0.717, 1.165) is 10.2 Å². The highest BCUT2D eigenvalue weighted by Crippen LogP contribution is 2.28. The molecule has 0 aliphatic rings. The molecule has 1 N–H and O–H groups in total. The van der Waals surface area contributed by atoms with E-state index in [1.165, 1.54) is 0 Å². The van der Waals surface area contributed by atoms with E-state index < -0.39 is 0 Å². The number of nitrogens with one attached hydrogen (secondary N) is 1. The van der Waals surface area contributed by atoms with Gasteiger partial charge in [-0.05, 0) is 46.3 Å². The molecule has 0 atom stereocenters. The van der Waals surface area contributed by atoms with Gasteiger partial charge in [0.2, 0.25) is 0 Å². The molecule has 0 spiro atoms. The Bertz CT molecular complexity index is 892.